The first kappa shape index (κ1) is 14.1. The van der Waals surface area contributed by atoms with Crippen LogP contribution in [0.2, 0.25) is 0 Å². The van der Waals surface area contributed by atoms with Gasteiger partial charge in [0.2, 0.25) is 0 Å². The largest absolute Gasteiger partial charge is 0.481 e. The molecule has 0 saturated heterocycles. The predicted octanol–water partition coefficient (Wildman–Crippen LogP) is 0.923. The number of rotatable bonds is 6. The molecule has 0 aliphatic heterocycles. The van der Waals surface area contributed by atoms with Crippen molar-refractivity contribution in [3.05, 3.63) is 29.8 Å². The summed E-state index contributed by atoms with van der Waals surface area (Å²) in [6, 6.07) is 7.61. The molecule has 0 radical (unpaired) electrons. The smallest absolute Gasteiger partial charge is 0.261 e. The van der Waals surface area contributed by atoms with E-state index in [1.54, 1.807) is 6.92 Å². The van der Waals surface area contributed by atoms with Gasteiger partial charge in [-0.2, -0.15) is 0 Å². The van der Waals surface area contributed by atoms with E-state index in [1.807, 2.05) is 31.3 Å². The highest BCUT2D eigenvalue weighted by Gasteiger charge is 2.15. The van der Waals surface area contributed by atoms with Crippen LogP contribution < -0.4 is 15.4 Å². The first-order chi connectivity index (χ1) is 8.69. The molecular formula is C14H18N2O2. The Morgan fingerprint density at radius 2 is 2.22 bits per heavy atom. The fraction of sp³-hybridized carbons (Fsp3) is 0.357. The van der Waals surface area contributed by atoms with Crippen LogP contribution in [-0.4, -0.2) is 25.6 Å². The van der Waals surface area contributed by atoms with Crippen LogP contribution in [0.5, 0.6) is 5.75 Å². The zero-order valence-corrected chi connectivity index (χ0v) is 10.7. The lowest BCUT2D eigenvalue weighted by Crippen LogP contribution is -2.36. The average molecular weight is 246 g/mol. The van der Waals surface area contributed by atoms with Gasteiger partial charge in [-0.15, -0.1) is 6.42 Å². The Kier molecular flexibility index (Phi) is 5.75. The number of nitrogens with one attached hydrogen (secondary N) is 2. The van der Waals surface area contributed by atoms with Crippen molar-refractivity contribution in [2.75, 3.05) is 13.6 Å². The third kappa shape index (κ3) is 4.11. The molecule has 18 heavy (non-hydrogen) atoms. The molecule has 1 unspecified atom stereocenters. The Labute approximate surface area is 108 Å². The summed E-state index contributed by atoms with van der Waals surface area (Å²) in [6.07, 6.45) is 4.51. The molecule has 4 nitrogen and oxygen atoms in total. The highest BCUT2D eigenvalue weighted by molar-refractivity contribution is 5.80. The monoisotopic (exact) mass is 246 g/mol. The number of terminal acetylenes is 1. The topological polar surface area (TPSA) is 50.4 Å². The molecule has 1 amide bonds. The summed E-state index contributed by atoms with van der Waals surface area (Å²) in [4.78, 5) is 11.6. The molecule has 1 aromatic rings. The molecule has 1 atom stereocenters. The molecule has 0 aliphatic carbocycles. The summed E-state index contributed by atoms with van der Waals surface area (Å²) in [5, 5.41) is 5.64. The van der Waals surface area contributed by atoms with Crippen molar-refractivity contribution in [3.63, 3.8) is 0 Å². The summed E-state index contributed by atoms with van der Waals surface area (Å²) >= 11 is 0. The second-order valence-corrected chi connectivity index (χ2v) is 3.82. The number of carbonyl (C=O) groups is 1. The summed E-state index contributed by atoms with van der Waals surface area (Å²) in [7, 11) is 1.86. The Morgan fingerprint density at radius 1 is 1.50 bits per heavy atom. The SMILES string of the molecule is C#CCNC(=O)C(C)Oc1ccccc1CNC. The molecule has 0 fully saturated rings. The molecule has 0 spiro atoms. The molecule has 1 rings (SSSR count). The van der Waals surface area contributed by atoms with Gasteiger partial charge in [0.25, 0.3) is 5.91 Å². The van der Waals surface area contributed by atoms with Crippen molar-refractivity contribution in [1.29, 1.82) is 0 Å². The third-order valence-electron chi connectivity index (χ3n) is 2.38. The van der Waals surface area contributed by atoms with Gasteiger partial charge in [0.15, 0.2) is 6.10 Å². The molecule has 2 N–H and O–H groups in total. The van der Waals surface area contributed by atoms with E-state index in [0.717, 1.165) is 5.56 Å². The average Bonchev–Trinajstić information content (AvgIpc) is 2.38. The van der Waals surface area contributed by atoms with E-state index < -0.39 is 6.10 Å². The van der Waals surface area contributed by atoms with Crippen LogP contribution in [0.1, 0.15) is 12.5 Å². The Morgan fingerprint density at radius 3 is 2.89 bits per heavy atom. The van der Waals surface area contributed by atoms with E-state index >= 15 is 0 Å². The van der Waals surface area contributed by atoms with Crippen LogP contribution >= 0.6 is 0 Å². The molecular weight excluding hydrogens is 228 g/mol. The maximum absolute atomic E-state index is 11.6. The van der Waals surface area contributed by atoms with Gasteiger partial charge >= 0.3 is 0 Å². The van der Waals surface area contributed by atoms with Gasteiger partial charge in [-0.3, -0.25) is 4.79 Å². The molecule has 0 heterocycles. The number of hydrogen-bond donors (Lipinski definition) is 2. The lowest BCUT2D eigenvalue weighted by atomic mass is 10.2. The summed E-state index contributed by atoms with van der Waals surface area (Å²) < 4.78 is 5.64. The van der Waals surface area contributed by atoms with Crippen molar-refractivity contribution in [2.24, 2.45) is 0 Å². The van der Waals surface area contributed by atoms with E-state index in [2.05, 4.69) is 16.6 Å². The number of carbonyl (C=O) groups excluding carboxylic acids is 1. The van der Waals surface area contributed by atoms with Crippen molar-refractivity contribution in [2.45, 2.75) is 19.6 Å². The molecule has 0 aromatic heterocycles. The predicted molar refractivity (Wildman–Crippen MR) is 71.1 cm³/mol. The van der Waals surface area contributed by atoms with E-state index in [4.69, 9.17) is 11.2 Å². The quantitative estimate of drug-likeness (QED) is 0.734. The zero-order valence-electron chi connectivity index (χ0n) is 10.7. The molecule has 96 valence electrons. The van der Waals surface area contributed by atoms with Crippen molar-refractivity contribution in [3.8, 4) is 18.1 Å². The lowest BCUT2D eigenvalue weighted by molar-refractivity contribution is -0.127. The van der Waals surface area contributed by atoms with E-state index in [1.165, 1.54) is 0 Å². The minimum atomic E-state index is -0.573. The Hall–Kier alpha value is -1.99. The van der Waals surface area contributed by atoms with Crippen LogP contribution in [0.15, 0.2) is 24.3 Å². The molecule has 0 saturated carbocycles. The van der Waals surface area contributed by atoms with E-state index in [9.17, 15) is 4.79 Å². The second kappa shape index (κ2) is 7.36. The van der Waals surface area contributed by atoms with E-state index in [-0.39, 0.29) is 12.5 Å². The summed E-state index contributed by atoms with van der Waals surface area (Å²) in [6.45, 7) is 2.60. The maximum atomic E-state index is 11.6. The van der Waals surface area contributed by atoms with Crippen LogP contribution in [0.4, 0.5) is 0 Å². The highest BCUT2D eigenvalue weighted by Crippen LogP contribution is 2.19. The van der Waals surface area contributed by atoms with Crippen LogP contribution in [0, 0.1) is 12.3 Å². The first-order valence-electron chi connectivity index (χ1n) is 5.79. The van der Waals surface area contributed by atoms with Crippen LogP contribution in [-0.2, 0) is 11.3 Å². The van der Waals surface area contributed by atoms with Crippen molar-refractivity contribution >= 4 is 5.91 Å². The number of ether oxygens (including phenoxy) is 1. The standard InChI is InChI=1S/C14H18N2O2/c1-4-9-16-14(17)11(2)18-13-8-6-5-7-12(13)10-15-3/h1,5-8,11,15H,9-10H2,2-3H3,(H,16,17). The van der Waals surface area contributed by atoms with Crippen molar-refractivity contribution in [1.82, 2.24) is 10.6 Å². The highest BCUT2D eigenvalue weighted by atomic mass is 16.5. The maximum Gasteiger partial charge on any atom is 0.261 e. The molecule has 1 aromatic carbocycles. The van der Waals surface area contributed by atoms with Gasteiger partial charge in [0.1, 0.15) is 5.75 Å². The van der Waals surface area contributed by atoms with Gasteiger partial charge in [-0.1, -0.05) is 24.1 Å². The molecule has 0 aliphatic rings. The Balaban J connectivity index is 2.66. The van der Waals surface area contributed by atoms with Crippen LogP contribution in [0.3, 0.4) is 0 Å². The first-order valence-corrected chi connectivity index (χ1v) is 5.79. The normalized spacial score (nSPS) is 11.4. The summed E-state index contributed by atoms with van der Waals surface area (Å²) in [5.74, 6) is 2.84. The number of benzene rings is 1. The fourth-order valence-electron chi connectivity index (χ4n) is 1.48. The van der Waals surface area contributed by atoms with Gasteiger partial charge in [-0.25, -0.2) is 0 Å². The zero-order chi connectivity index (χ0) is 13.4. The van der Waals surface area contributed by atoms with Gasteiger partial charge in [0.05, 0.1) is 6.54 Å². The lowest BCUT2D eigenvalue weighted by Gasteiger charge is -2.16. The number of hydrogen-bond acceptors (Lipinski definition) is 3. The second-order valence-electron chi connectivity index (χ2n) is 3.82. The third-order valence-corrected chi connectivity index (χ3v) is 2.38. The van der Waals surface area contributed by atoms with Crippen LogP contribution in [0.25, 0.3) is 0 Å². The number of para-hydroxylation sites is 1. The van der Waals surface area contributed by atoms with Crippen molar-refractivity contribution < 1.29 is 9.53 Å². The minimum absolute atomic E-state index is 0.213. The summed E-state index contributed by atoms with van der Waals surface area (Å²) in [5.41, 5.74) is 1.01. The molecule has 4 heteroatoms. The van der Waals surface area contributed by atoms with Gasteiger partial charge < -0.3 is 15.4 Å². The minimum Gasteiger partial charge on any atom is -0.481 e. The van der Waals surface area contributed by atoms with E-state index in [0.29, 0.717) is 12.3 Å². The Bertz CT molecular complexity index is 438. The van der Waals surface area contributed by atoms with Gasteiger partial charge in [0, 0.05) is 12.1 Å². The van der Waals surface area contributed by atoms with Gasteiger partial charge in [-0.05, 0) is 20.0 Å². The number of amides is 1. The fourth-order valence-corrected chi connectivity index (χ4v) is 1.48. The molecule has 0 bridgehead atoms.